The number of rotatable bonds is 4. The van der Waals surface area contributed by atoms with Crippen LogP contribution in [0, 0.1) is 0 Å². The summed E-state index contributed by atoms with van der Waals surface area (Å²) in [6.07, 6.45) is 3.50. The molecule has 0 N–H and O–H groups in total. The zero-order chi connectivity index (χ0) is 17.2. The van der Waals surface area contributed by atoms with Crippen LogP contribution < -0.4 is 0 Å². The second-order valence-corrected chi connectivity index (χ2v) is 8.55. The summed E-state index contributed by atoms with van der Waals surface area (Å²) in [6.45, 7) is 8.06. The van der Waals surface area contributed by atoms with Gasteiger partial charge in [-0.15, -0.1) is 0 Å². The van der Waals surface area contributed by atoms with Crippen molar-refractivity contribution in [2.75, 3.05) is 39.3 Å². The Morgan fingerprint density at radius 2 is 1.79 bits per heavy atom. The van der Waals surface area contributed by atoms with Gasteiger partial charge >= 0.3 is 0 Å². The summed E-state index contributed by atoms with van der Waals surface area (Å²) in [5, 5.41) is 0. The highest BCUT2D eigenvalue weighted by Gasteiger charge is 2.36. The van der Waals surface area contributed by atoms with Crippen LogP contribution >= 0.6 is 0 Å². The number of piperazine rings is 1. The van der Waals surface area contributed by atoms with Crippen LogP contribution in [0.5, 0.6) is 0 Å². The van der Waals surface area contributed by atoms with Gasteiger partial charge in [0.2, 0.25) is 0 Å². The van der Waals surface area contributed by atoms with Gasteiger partial charge < -0.3 is 4.74 Å². The molecule has 2 saturated heterocycles. The summed E-state index contributed by atoms with van der Waals surface area (Å²) < 4.78 is 34.6. The van der Waals surface area contributed by atoms with Crippen LogP contribution in [0.4, 0.5) is 0 Å². The van der Waals surface area contributed by atoms with Crippen molar-refractivity contribution in [1.82, 2.24) is 18.5 Å². The molecule has 0 saturated carbocycles. The zero-order valence-electron chi connectivity index (χ0n) is 14.3. The number of hydrogen-bond donors (Lipinski definition) is 0. The van der Waals surface area contributed by atoms with Crippen molar-refractivity contribution in [2.24, 2.45) is 0 Å². The van der Waals surface area contributed by atoms with E-state index < -0.39 is 10.2 Å². The summed E-state index contributed by atoms with van der Waals surface area (Å²) >= 11 is 0. The van der Waals surface area contributed by atoms with Gasteiger partial charge in [0.1, 0.15) is 0 Å². The molecule has 0 bridgehead atoms. The maximum absolute atomic E-state index is 12.9. The first-order chi connectivity index (χ1) is 11.4. The molecule has 2 aliphatic heterocycles. The van der Waals surface area contributed by atoms with Crippen LogP contribution in [-0.2, 0) is 21.5 Å². The van der Waals surface area contributed by atoms with Crippen LogP contribution in [0.3, 0.4) is 0 Å². The Kier molecular flexibility index (Phi) is 5.51. The minimum Gasteiger partial charge on any atom is -0.373 e. The Balaban J connectivity index is 1.57. The standard InChI is InChI=1S/C16H26N4O3S/c1-14-11-20(12-15(2)23-14)24(21,22)19-8-6-18(7-9-19)13-16-4-3-5-17-10-16/h3-5,10,14-15H,6-9,11-13H2,1-2H3/t14-,15-/m0/s1. The number of hydrogen-bond acceptors (Lipinski definition) is 5. The third-order valence-electron chi connectivity index (χ3n) is 4.50. The van der Waals surface area contributed by atoms with E-state index in [1.165, 1.54) is 0 Å². The van der Waals surface area contributed by atoms with Gasteiger partial charge in [0.05, 0.1) is 12.2 Å². The number of pyridine rings is 1. The maximum Gasteiger partial charge on any atom is 0.282 e. The molecule has 2 atom stereocenters. The van der Waals surface area contributed by atoms with Crippen molar-refractivity contribution in [3.05, 3.63) is 30.1 Å². The molecule has 8 heteroatoms. The van der Waals surface area contributed by atoms with Gasteiger partial charge in [-0.05, 0) is 25.5 Å². The van der Waals surface area contributed by atoms with Gasteiger partial charge in [0.15, 0.2) is 0 Å². The smallest absolute Gasteiger partial charge is 0.282 e. The summed E-state index contributed by atoms with van der Waals surface area (Å²) in [4.78, 5) is 6.40. The summed E-state index contributed by atoms with van der Waals surface area (Å²) in [6, 6.07) is 3.98. The van der Waals surface area contributed by atoms with E-state index in [-0.39, 0.29) is 12.2 Å². The molecule has 0 radical (unpaired) electrons. The molecule has 134 valence electrons. The van der Waals surface area contributed by atoms with E-state index >= 15 is 0 Å². The highest BCUT2D eigenvalue weighted by molar-refractivity contribution is 7.86. The summed E-state index contributed by atoms with van der Waals surface area (Å²) in [5.74, 6) is 0. The van der Waals surface area contributed by atoms with Crippen LogP contribution in [0.2, 0.25) is 0 Å². The molecule has 0 aliphatic carbocycles. The van der Waals surface area contributed by atoms with E-state index in [0.717, 1.165) is 25.2 Å². The van der Waals surface area contributed by atoms with Gasteiger partial charge in [-0.2, -0.15) is 17.0 Å². The van der Waals surface area contributed by atoms with Gasteiger partial charge in [-0.3, -0.25) is 9.88 Å². The molecule has 24 heavy (non-hydrogen) atoms. The van der Waals surface area contributed by atoms with Crippen LogP contribution in [0.15, 0.2) is 24.5 Å². The van der Waals surface area contributed by atoms with E-state index in [2.05, 4.69) is 9.88 Å². The van der Waals surface area contributed by atoms with Gasteiger partial charge in [-0.1, -0.05) is 6.07 Å². The lowest BCUT2D eigenvalue weighted by Crippen LogP contribution is -2.57. The number of morpholine rings is 1. The van der Waals surface area contributed by atoms with Crippen LogP contribution in [-0.4, -0.2) is 78.4 Å². The first-order valence-electron chi connectivity index (χ1n) is 8.47. The Bertz CT molecular complexity index is 622. The minimum atomic E-state index is -3.40. The van der Waals surface area contributed by atoms with Gasteiger partial charge in [0.25, 0.3) is 10.2 Å². The highest BCUT2D eigenvalue weighted by Crippen LogP contribution is 2.19. The fourth-order valence-electron chi connectivity index (χ4n) is 3.35. The van der Waals surface area contributed by atoms with Gasteiger partial charge in [0, 0.05) is 58.2 Å². The predicted molar refractivity (Wildman–Crippen MR) is 91.6 cm³/mol. The molecule has 3 heterocycles. The second-order valence-electron chi connectivity index (χ2n) is 6.62. The number of aromatic nitrogens is 1. The monoisotopic (exact) mass is 354 g/mol. The molecule has 1 aromatic heterocycles. The highest BCUT2D eigenvalue weighted by atomic mass is 32.2. The van der Waals surface area contributed by atoms with Crippen molar-refractivity contribution in [2.45, 2.75) is 32.6 Å². The van der Waals surface area contributed by atoms with Crippen LogP contribution in [0.1, 0.15) is 19.4 Å². The van der Waals surface area contributed by atoms with E-state index in [9.17, 15) is 8.42 Å². The van der Waals surface area contributed by atoms with E-state index in [4.69, 9.17) is 4.74 Å². The van der Waals surface area contributed by atoms with E-state index in [1.54, 1.807) is 14.8 Å². The molecule has 0 spiro atoms. The maximum atomic E-state index is 12.9. The van der Waals surface area contributed by atoms with Crippen molar-refractivity contribution in [1.29, 1.82) is 0 Å². The van der Waals surface area contributed by atoms with Crippen molar-refractivity contribution in [3.63, 3.8) is 0 Å². The minimum absolute atomic E-state index is 0.0598. The molecule has 2 fully saturated rings. The second kappa shape index (κ2) is 7.45. The first kappa shape index (κ1) is 17.8. The molecule has 0 amide bonds. The zero-order valence-corrected chi connectivity index (χ0v) is 15.2. The molecular formula is C16H26N4O3S. The van der Waals surface area contributed by atoms with Crippen LogP contribution in [0.25, 0.3) is 0 Å². The quantitative estimate of drug-likeness (QED) is 0.790. The predicted octanol–water partition coefficient (Wildman–Crippen LogP) is 0.553. The SMILES string of the molecule is C[C@H]1CN(S(=O)(=O)N2CCN(Cc3cccnc3)CC2)C[C@H](C)O1. The lowest BCUT2D eigenvalue weighted by Gasteiger charge is -2.40. The van der Waals surface area contributed by atoms with Crippen molar-refractivity contribution in [3.8, 4) is 0 Å². The fourth-order valence-corrected chi connectivity index (χ4v) is 5.10. The fraction of sp³-hybridized carbons (Fsp3) is 0.688. The first-order valence-corrected chi connectivity index (χ1v) is 9.87. The molecule has 2 aliphatic rings. The van der Waals surface area contributed by atoms with E-state index in [1.807, 2.05) is 32.2 Å². The van der Waals surface area contributed by atoms with Gasteiger partial charge in [-0.25, -0.2) is 0 Å². The topological polar surface area (TPSA) is 66.0 Å². The molecule has 7 nitrogen and oxygen atoms in total. The normalized spacial score (nSPS) is 28.1. The molecule has 0 aromatic carbocycles. The Labute approximate surface area is 144 Å². The Morgan fingerprint density at radius 3 is 2.38 bits per heavy atom. The molecule has 1 aromatic rings. The molecular weight excluding hydrogens is 328 g/mol. The van der Waals surface area contributed by atoms with E-state index in [0.29, 0.717) is 26.2 Å². The third-order valence-corrected chi connectivity index (χ3v) is 6.47. The Hall–Kier alpha value is -1.06. The largest absolute Gasteiger partial charge is 0.373 e. The lowest BCUT2D eigenvalue weighted by atomic mass is 10.2. The lowest BCUT2D eigenvalue weighted by molar-refractivity contribution is -0.0457. The van der Waals surface area contributed by atoms with Crippen molar-refractivity contribution >= 4 is 10.2 Å². The number of nitrogens with zero attached hydrogens (tertiary/aromatic N) is 4. The molecule has 0 unspecified atom stereocenters. The average molecular weight is 354 g/mol. The average Bonchev–Trinajstić information content (AvgIpc) is 2.55. The summed E-state index contributed by atoms with van der Waals surface area (Å²) in [5.41, 5.74) is 1.16. The molecule has 3 rings (SSSR count). The Morgan fingerprint density at radius 1 is 1.12 bits per heavy atom. The summed E-state index contributed by atoms with van der Waals surface area (Å²) in [7, 11) is -3.40. The number of ether oxygens (including phenoxy) is 1. The van der Waals surface area contributed by atoms with Crippen molar-refractivity contribution < 1.29 is 13.2 Å². The third kappa shape index (κ3) is 4.12.